The molecule has 0 aromatic heterocycles. The number of carboxylic acids is 1. The molecule has 1 heterocycles. The number of nitrogens with one attached hydrogen (secondary N) is 2. The van der Waals surface area contributed by atoms with Crippen LogP contribution in [0.4, 0.5) is 16.2 Å². The number of urea groups is 1. The maximum Gasteiger partial charge on any atom is 0.326 e. The summed E-state index contributed by atoms with van der Waals surface area (Å²) >= 11 is 0. The van der Waals surface area contributed by atoms with E-state index in [4.69, 9.17) is 4.74 Å². The van der Waals surface area contributed by atoms with Gasteiger partial charge in [-0.15, -0.1) is 0 Å². The number of aryl methyl sites for hydroxylation is 1. The monoisotopic (exact) mass is 479 g/mol. The first-order valence-electron chi connectivity index (χ1n) is 12.2. The Bertz CT molecular complexity index is 1080. The smallest absolute Gasteiger partial charge is 0.326 e. The third-order valence-electron chi connectivity index (χ3n) is 7.14. The molecule has 2 aromatic rings. The topological polar surface area (TPSA) is 108 Å². The lowest BCUT2D eigenvalue weighted by Crippen LogP contribution is -2.44. The molecule has 2 fully saturated rings. The molecular weight excluding hydrogens is 446 g/mol. The second-order valence-corrected chi connectivity index (χ2v) is 9.48. The van der Waals surface area contributed by atoms with Crippen molar-refractivity contribution in [2.45, 2.75) is 57.4 Å². The zero-order chi connectivity index (χ0) is 24.9. The van der Waals surface area contributed by atoms with Gasteiger partial charge in [-0.3, -0.25) is 4.79 Å². The summed E-state index contributed by atoms with van der Waals surface area (Å²) in [4.78, 5) is 38.4. The van der Waals surface area contributed by atoms with E-state index in [9.17, 15) is 19.5 Å². The van der Waals surface area contributed by atoms with Gasteiger partial charge < -0.3 is 25.4 Å². The zero-order valence-corrected chi connectivity index (χ0v) is 20.3. The fourth-order valence-electron chi connectivity index (χ4n) is 5.24. The van der Waals surface area contributed by atoms with Gasteiger partial charge in [-0.05, 0) is 86.8 Å². The molecule has 2 aliphatic rings. The van der Waals surface area contributed by atoms with E-state index in [2.05, 4.69) is 10.6 Å². The third-order valence-corrected chi connectivity index (χ3v) is 7.14. The Balaban J connectivity index is 1.29. The molecule has 0 bridgehead atoms. The van der Waals surface area contributed by atoms with Crippen molar-refractivity contribution >= 4 is 29.3 Å². The lowest BCUT2D eigenvalue weighted by atomic mass is 9.78. The van der Waals surface area contributed by atoms with Crippen molar-refractivity contribution in [2.75, 3.05) is 24.3 Å². The summed E-state index contributed by atoms with van der Waals surface area (Å²) in [5.74, 6) is -0.0331. The van der Waals surface area contributed by atoms with Crippen LogP contribution in [0.25, 0.3) is 0 Å². The Morgan fingerprint density at radius 2 is 1.69 bits per heavy atom. The Labute approximate surface area is 205 Å². The predicted molar refractivity (Wildman–Crippen MR) is 134 cm³/mol. The molecule has 4 rings (SSSR count). The Morgan fingerprint density at radius 3 is 2.34 bits per heavy atom. The maximum absolute atomic E-state index is 12.9. The Kier molecular flexibility index (Phi) is 7.58. The standard InChI is InChI=1S/C27H33N3O5/c1-17-5-14-24(35-2)22(16-17)29-27(34)28-21-12-10-19(11-13-21)18-6-8-20(9-7-18)25(31)30-15-3-4-23(30)26(32)33/h5,10-14,16,18,20,23H,3-4,6-9,15H2,1-2H3,(H,32,33)(H2,28,29,34)/t18-,20-,23?. The van der Waals surface area contributed by atoms with Gasteiger partial charge in [0.15, 0.2) is 0 Å². The molecule has 8 heteroatoms. The summed E-state index contributed by atoms with van der Waals surface area (Å²) in [5, 5.41) is 15.1. The van der Waals surface area contributed by atoms with Gasteiger partial charge in [0.2, 0.25) is 5.91 Å². The van der Waals surface area contributed by atoms with Gasteiger partial charge in [-0.25, -0.2) is 9.59 Å². The van der Waals surface area contributed by atoms with E-state index in [0.29, 0.717) is 36.0 Å². The average Bonchev–Trinajstić information content (AvgIpc) is 3.35. The van der Waals surface area contributed by atoms with Crippen molar-refractivity contribution in [3.05, 3.63) is 53.6 Å². The normalized spacial score (nSPS) is 21.9. The second kappa shape index (κ2) is 10.8. The SMILES string of the molecule is COc1ccc(C)cc1NC(=O)Nc1ccc([C@H]2CC[C@H](C(=O)N3CCCC3C(=O)O)CC2)cc1. The summed E-state index contributed by atoms with van der Waals surface area (Å²) < 4.78 is 5.31. The summed E-state index contributed by atoms with van der Waals surface area (Å²) in [7, 11) is 1.56. The van der Waals surface area contributed by atoms with Crippen molar-refractivity contribution in [3.8, 4) is 5.75 Å². The van der Waals surface area contributed by atoms with Crippen LogP contribution < -0.4 is 15.4 Å². The number of anilines is 2. The minimum Gasteiger partial charge on any atom is -0.495 e. The lowest BCUT2D eigenvalue weighted by Gasteiger charge is -2.32. The lowest BCUT2D eigenvalue weighted by molar-refractivity contribution is -0.150. The van der Waals surface area contributed by atoms with Gasteiger partial charge >= 0.3 is 12.0 Å². The Hall–Kier alpha value is -3.55. The molecule has 186 valence electrons. The van der Waals surface area contributed by atoms with E-state index in [1.54, 1.807) is 12.0 Å². The number of hydrogen-bond donors (Lipinski definition) is 3. The van der Waals surface area contributed by atoms with Gasteiger partial charge in [0.1, 0.15) is 11.8 Å². The highest BCUT2D eigenvalue weighted by atomic mass is 16.5. The largest absolute Gasteiger partial charge is 0.495 e. The number of ether oxygens (including phenoxy) is 1. The molecule has 1 atom stereocenters. The van der Waals surface area contributed by atoms with Crippen LogP contribution in [0.5, 0.6) is 5.75 Å². The van der Waals surface area contributed by atoms with Crippen LogP contribution in [-0.2, 0) is 9.59 Å². The number of carbonyl (C=O) groups excluding carboxylic acids is 2. The molecule has 35 heavy (non-hydrogen) atoms. The van der Waals surface area contributed by atoms with E-state index in [0.717, 1.165) is 37.7 Å². The van der Waals surface area contributed by atoms with E-state index in [1.165, 1.54) is 5.56 Å². The van der Waals surface area contributed by atoms with Crippen LogP contribution in [-0.4, -0.2) is 47.6 Å². The minimum atomic E-state index is -0.898. The molecule has 1 saturated carbocycles. The van der Waals surface area contributed by atoms with E-state index >= 15 is 0 Å². The molecule has 1 saturated heterocycles. The number of likely N-dealkylation sites (tertiary alicyclic amines) is 1. The molecule has 3 amide bonds. The maximum atomic E-state index is 12.9. The van der Waals surface area contributed by atoms with Crippen molar-refractivity contribution in [3.63, 3.8) is 0 Å². The van der Waals surface area contributed by atoms with E-state index in [1.807, 2.05) is 49.4 Å². The molecule has 0 spiro atoms. The summed E-state index contributed by atoms with van der Waals surface area (Å²) in [6, 6.07) is 12.4. The number of rotatable bonds is 6. The summed E-state index contributed by atoms with van der Waals surface area (Å²) in [6.07, 6.45) is 4.63. The van der Waals surface area contributed by atoms with Crippen LogP contribution in [0.1, 0.15) is 55.6 Å². The average molecular weight is 480 g/mol. The minimum absolute atomic E-state index is 0.00384. The van der Waals surface area contributed by atoms with E-state index < -0.39 is 12.0 Å². The number of benzene rings is 2. The van der Waals surface area contributed by atoms with Gasteiger partial charge in [0, 0.05) is 18.2 Å². The number of carboxylic acid groups (broad SMARTS) is 1. The van der Waals surface area contributed by atoms with Gasteiger partial charge in [0.25, 0.3) is 0 Å². The van der Waals surface area contributed by atoms with Crippen LogP contribution in [0, 0.1) is 12.8 Å². The first-order valence-corrected chi connectivity index (χ1v) is 12.2. The van der Waals surface area contributed by atoms with Crippen molar-refractivity contribution < 1.29 is 24.2 Å². The van der Waals surface area contributed by atoms with Gasteiger partial charge in [0.05, 0.1) is 12.8 Å². The fraction of sp³-hybridized carbons (Fsp3) is 0.444. The third kappa shape index (κ3) is 5.75. The molecule has 1 unspecified atom stereocenters. The number of carbonyl (C=O) groups is 3. The highest BCUT2D eigenvalue weighted by Gasteiger charge is 2.38. The van der Waals surface area contributed by atoms with Gasteiger partial charge in [-0.1, -0.05) is 18.2 Å². The van der Waals surface area contributed by atoms with Crippen molar-refractivity contribution in [1.82, 2.24) is 4.90 Å². The molecule has 8 nitrogen and oxygen atoms in total. The van der Waals surface area contributed by atoms with Crippen molar-refractivity contribution in [2.24, 2.45) is 5.92 Å². The molecule has 1 aliphatic heterocycles. The van der Waals surface area contributed by atoms with E-state index in [-0.39, 0.29) is 17.9 Å². The number of methoxy groups -OCH3 is 1. The predicted octanol–water partition coefficient (Wildman–Crippen LogP) is 5.00. The van der Waals surface area contributed by atoms with Crippen molar-refractivity contribution in [1.29, 1.82) is 0 Å². The highest BCUT2D eigenvalue weighted by Crippen LogP contribution is 2.38. The molecule has 0 radical (unpaired) electrons. The van der Waals surface area contributed by atoms with Gasteiger partial charge in [-0.2, -0.15) is 0 Å². The quantitative estimate of drug-likeness (QED) is 0.541. The highest BCUT2D eigenvalue weighted by molar-refractivity contribution is 6.00. The zero-order valence-electron chi connectivity index (χ0n) is 20.3. The number of hydrogen-bond acceptors (Lipinski definition) is 4. The van der Waals surface area contributed by atoms with Crippen LogP contribution >= 0.6 is 0 Å². The first kappa shape index (κ1) is 24.6. The Morgan fingerprint density at radius 1 is 0.971 bits per heavy atom. The van der Waals surface area contributed by atoms with Crippen LogP contribution in [0.2, 0.25) is 0 Å². The number of amides is 3. The molecular formula is C27H33N3O5. The summed E-state index contributed by atoms with van der Waals surface area (Å²) in [6.45, 7) is 2.50. The van der Waals surface area contributed by atoms with Crippen LogP contribution in [0.3, 0.4) is 0 Å². The first-order chi connectivity index (χ1) is 16.9. The summed E-state index contributed by atoms with van der Waals surface area (Å²) in [5.41, 5.74) is 3.50. The second-order valence-electron chi connectivity index (χ2n) is 9.48. The number of nitrogens with zero attached hydrogens (tertiary/aromatic N) is 1. The molecule has 3 N–H and O–H groups in total. The fourth-order valence-corrected chi connectivity index (χ4v) is 5.24. The molecule has 2 aromatic carbocycles. The van der Waals surface area contributed by atoms with Crippen LogP contribution in [0.15, 0.2) is 42.5 Å². The molecule has 1 aliphatic carbocycles. The number of aliphatic carboxylic acids is 1.